The molecule has 0 spiro atoms. The predicted octanol–water partition coefficient (Wildman–Crippen LogP) is 4.24. The van der Waals surface area contributed by atoms with Gasteiger partial charge in [-0.1, -0.05) is 12.1 Å². The van der Waals surface area contributed by atoms with E-state index in [1.807, 2.05) is 0 Å². The molecule has 0 amide bonds. The van der Waals surface area contributed by atoms with E-state index in [2.05, 4.69) is 10.2 Å². The molecular formula is C21H20F6N4O4S2. The van der Waals surface area contributed by atoms with Gasteiger partial charge in [-0.25, -0.2) is 21.1 Å². The van der Waals surface area contributed by atoms with Gasteiger partial charge in [0, 0.05) is 19.7 Å². The monoisotopic (exact) mass is 570 g/mol. The SMILES string of the molecule is CN(C)S(=O)(=O)c1ccc(N(Cc2cn[nH]c2-c2ccc(C(F)(F)F)cc2)S(=O)(=O)CC(F)(F)F)cc1. The van der Waals surface area contributed by atoms with Crippen molar-refractivity contribution in [2.24, 2.45) is 0 Å². The summed E-state index contributed by atoms with van der Waals surface area (Å²) in [6, 6.07) is 7.98. The van der Waals surface area contributed by atoms with Crippen LogP contribution < -0.4 is 4.31 Å². The quantitative estimate of drug-likeness (QED) is 0.408. The van der Waals surface area contributed by atoms with Crippen LogP contribution in [0.3, 0.4) is 0 Å². The molecule has 0 radical (unpaired) electrons. The molecule has 1 N–H and O–H groups in total. The van der Waals surface area contributed by atoms with Crippen molar-refractivity contribution >= 4 is 25.7 Å². The Labute approximate surface area is 208 Å². The lowest BCUT2D eigenvalue weighted by Crippen LogP contribution is -2.37. The number of benzene rings is 2. The summed E-state index contributed by atoms with van der Waals surface area (Å²) >= 11 is 0. The van der Waals surface area contributed by atoms with E-state index >= 15 is 0 Å². The number of halogens is 6. The van der Waals surface area contributed by atoms with Crippen molar-refractivity contribution in [1.82, 2.24) is 14.5 Å². The number of alkyl halides is 6. The van der Waals surface area contributed by atoms with E-state index in [4.69, 9.17) is 0 Å². The van der Waals surface area contributed by atoms with Crippen molar-refractivity contribution in [2.75, 3.05) is 24.2 Å². The molecule has 8 nitrogen and oxygen atoms in total. The molecule has 202 valence electrons. The van der Waals surface area contributed by atoms with Gasteiger partial charge in [0.1, 0.15) is 0 Å². The van der Waals surface area contributed by atoms with Gasteiger partial charge >= 0.3 is 12.4 Å². The minimum absolute atomic E-state index is 0.0653. The lowest BCUT2D eigenvalue weighted by molar-refractivity contribution is -0.137. The molecule has 0 bridgehead atoms. The van der Waals surface area contributed by atoms with Gasteiger partial charge in [-0.05, 0) is 42.0 Å². The van der Waals surface area contributed by atoms with Gasteiger partial charge in [-0.3, -0.25) is 9.40 Å². The first-order valence-electron chi connectivity index (χ1n) is 10.2. The molecule has 1 heterocycles. The second kappa shape index (κ2) is 9.98. The Hall–Kier alpha value is -3.11. The standard InChI is InChI=1S/C21H20F6N4O4S2/c1-30(2)37(34,35)18-9-7-17(8-10-18)31(36(32,33)13-20(22,23)24)12-15-11-28-29-19(15)14-3-5-16(6-4-14)21(25,26)27/h3-11H,12-13H2,1-2H3,(H,28,29). The van der Waals surface area contributed by atoms with Gasteiger partial charge in [-0.2, -0.15) is 31.4 Å². The first kappa shape index (κ1) is 28.5. The smallest absolute Gasteiger partial charge is 0.277 e. The number of nitrogens with zero attached hydrogens (tertiary/aromatic N) is 3. The van der Waals surface area contributed by atoms with Crippen LogP contribution in [-0.2, 0) is 32.8 Å². The fourth-order valence-electron chi connectivity index (χ4n) is 3.29. The van der Waals surface area contributed by atoms with Crippen LogP contribution in [0.25, 0.3) is 11.3 Å². The maximum absolute atomic E-state index is 13.1. The van der Waals surface area contributed by atoms with E-state index in [9.17, 15) is 43.2 Å². The highest BCUT2D eigenvalue weighted by molar-refractivity contribution is 7.92. The van der Waals surface area contributed by atoms with Crippen LogP contribution in [0.15, 0.2) is 59.6 Å². The zero-order chi connectivity index (χ0) is 27.8. The number of rotatable bonds is 8. The highest BCUT2D eigenvalue weighted by Crippen LogP contribution is 2.33. The third-order valence-electron chi connectivity index (χ3n) is 5.12. The Morgan fingerprint density at radius 2 is 1.43 bits per heavy atom. The average molecular weight is 571 g/mol. The Kier molecular flexibility index (Phi) is 7.68. The van der Waals surface area contributed by atoms with Crippen molar-refractivity contribution in [2.45, 2.75) is 23.8 Å². The number of nitrogens with one attached hydrogen (secondary N) is 1. The van der Waals surface area contributed by atoms with E-state index in [1.165, 1.54) is 14.1 Å². The van der Waals surface area contributed by atoms with E-state index in [1.54, 1.807) is 0 Å². The van der Waals surface area contributed by atoms with E-state index in [0.717, 1.165) is 59.0 Å². The molecule has 0 fully saturated rings. The fraction of sp³-hybridized carbons (Fsp3) is 0.286. The summed E-state index contributed by atoms with van der Waals surface area (Å²) in [5.41, 5.74) is -0.856. The summed E-state index contributed by atoms with van der Waals surface area (Å²) in [5.74, 6) is -2.20. The van der Waals surface area contributed by atoms with E-state index in [0.29, 0.717) is 4.31 Å². The maximum Gasteiger partial charge on any atom is 0.416 e. The van der Waals surface area contributed by atoms with Gasteiger partial charge in [0.25, 0.3) is 0 Å². The van der Waals surface area contributed by atoms with Crippen molar-refractivity contribution in [3.05, 3.63) is 65.9 Å². The zero-order valence-corrected chi connectivity index (χ0v) is 20.8. The van der Waals surface area contributed by atoms with Gasteiger partial charge in [0.2, 0.25) is 20.0 Å². The average Bonchev–Trinajstić information content (AvgIpc) is 3.23. The molecule has 0 aliphatic carbocycles. The second-order valence-electron chi connectivity index (χ2n) is 8.00. The molecule has 1 aromatic heterocycles. The lowest BCUT2D eigenvalue weighted by Gasteiger charge is -2.25. The highest BCUT2D eigenvalue weighted by atomic mass is 32.2. The van der Waals surface area contributed by atoms with Gasteiger partial charge < -0.3 is 0 Å². The normalized spacial score (nSPS) is 13.2. The minimum Gasteiger partial charge on any atom is -0.277 e. The first-order chi connectivity index (χ1) is 16.9. The van der Waals surface area contributed by atoms with Crippen LogP contribution in [0, 0.1) is 0 Å². The molecule has 3 aromatic rings. The fourth-order valence-corrected chi connectivity index (χ4v) is 5.54. The van der Waals surface area contributed by atoms with Crippen molar-refractivity contribution in [3.8, 4) is 11.3 Å². The number of aromatic nitrogens is 2. The van der Waals surface area contributed by atoms with E-state index in [-0.39, 0.29) is 27.4 Å². The topological polar surface area (TPSA) is 103 Å². The van der Waals surface area contributed by atoms with Gasteiger partial charge in [0.05, 0.1) is 34.6 Å². The van der Waals surface area contributed by atoms with Gasteiger partial charge in [0.15, 0.2) is 5.75 Å². The number of sulfonamides is 2. The van der Waals surface area contributed by atoms with Crippen molar-refractivity contribution in [3.63, 3.8) is 0 Å². The molecule has 0 unspecified atom stereocenters. The summed E-state index contributed by atoms with van der Waals surface area (Å²) in [6.07, 6.45) is -8.55. The molecule has 16 heteroatoms. The number of hydrogen-bond acceptors (Lipinski definition) is 5. The Morgan fingerprint density at radius 1 is 0.865 bits per heavy atom. The zero-order valence-electron chi connectivity index (χ0n) is 19.2. The summed E-state index contributed by atoms with van der Waals surface area (Å²) in [6.45, 7) is -0.676. The molecule has 0 aliphatic rings. The lowest BCUT2D eigenvalue weighted by atomic mass is 10.1. The Bertz CT molecular complexity index is 1450. The largest absolute Gasteiger partial charge is 0.416 e. The molecule has 3 rings (SSSR count). The van der Waals surface area contributed by atoms with Crippen LogP contribution in [0.5, 0.6) is 0 Å². The van der Waals surface area contributed by atoms with E-state index < -0.39 is 50.3 Å². The first-order valence-corrected chi connectivity index (χ1v) is 13.3. The maximum atomic E-state index is 13.1. The second-order valence-corrected chi connectivity index (χ2v) is 12.0. The minimum atomic E-state index is -5.09. The molecule has 0 saturated carbocycles. The van der Waals surface area contributed by atoms with Gasteiger partial charge in [-0.15, -0.1) is 0 Å². The molecule has 2 aromatic carbocycles. The molecule has 0 atom stereocenters. The third-order valence-corrected chi connectivity index (χ3v) is 8.65. The van der Waals surface area contributed by atoms with Crippen molar-refractivity contribution in [1.29, 1.82) is 0 Å². The molecule has 0 aliphatic heterocycles. The summed E-state index contributed by atoms with van der Waals surface area (Å²) < 4.78 is 129. The summed E-state index contributed by atoms with van der Waals surface area (Å²) in [4.78, 5) is -0.219. The Morgan fingerprint density at radius 3 is 1.92 bits per heavy atom. The number of hydrogen-bond donors (Lipinski definition) is 1. The summed E-state index contributed by atoms with van der Waals surface area (Å²) in [5, 5.41) is 6.28. The summed E-state index contributed by atoms with van der Waals surface area (Å²) in [7, 11) is -6.40. The highest BCUT2D eigenvalue weighted by Gasteiger charge is 2.39. The third kappa shape index (κ3) is 6.61. The van der Waals surface area contributed by atoms with Crippen LogP contribution in [0.4, 0.5) is 32.0 Å². The van der Waals surface area contributed by atoms with Crippen LogP contribution >= 0.6 is 0 Å². The Balaban J connectivity index is 2.04. The predicted molar refractivity (Wildman–Crippen MR) is 122 cm³/mol. The molecular weight excluding hydrogens is 550 g/mol. The van der Waals surface area contributed by atoms with Crippen LogP contribution in [-0.4, -0.2) is 57.4 Å². The number of aromatic amines is 1. The molecule has 0 saturated heterocycles. The number of anilines is 1. The number of H-pyrrole nitrogens is 1. The molecule has 37 heavy (non-hydrogen) atoms. The van der Waals surface area contributed by atoms with Crippen molar-refractivity contribution < 1.29 is 43.2 Å². The van der Waals surface area contributed by atoms with Crippen LogP contribution in [0.2, 0.25) is 0 Å². The van der Waals surface area contributed by atoms with Crippen LogP contribution in [0.1, 0.15) is 11.1 Å².